The maximum atomic E-state index is 13.5. The Morgan fingerprint density at radius 2 is 1.72 bits per heavy atom. The number of amides is 1. The predicted octanol–water partition coefficient (Wildman–Crippen LogP) is 3.87. The van der Waals surface area contributed by atoms with Gasteiger partial charge in [0.1, 0.15) is 11.6 Å². The first-order valence-corrected chi connectivity index (χ1v) is 9.94. The Morgan fingerprint density at radius 3 is 2.38 bits per heavy atom. The zero-order valence-electron chi connectivity index (χ0n) is 17.5. The van der Waals surface area contributed by atoms with Gasteiger partial charge in [-0.15, -0.1) is 0 Å². The minimum atomic E-state index is -1.42. The Balaban J connectivity index is 1.84. The highest BCUT2D eigenvalue weighted by atomic mass is 19.1. The minimum Gasteiger partial charge on any atom is -0.497 e. The number of halogens is 1. The third kappa shape index (κ3) is 3.86. The number of carbonyl (C=O) groups excluding carboxylic acids is 1. The molecule has 0 radical (unpaired) electrons. The zero-order valence-corrected chi connectivity index (χ0v) is 17.5. The van der Waals surface area contributed by atoms with Crippen molar-refractivity contribution < 1.29 is 19.0 Å². The van der Waals surface area contributed by atoms with Gasteiger partial charge in [-0.1, -0.05) is 30.3 Å². The van der Waals surface area contributed by atoms with E-state index in [1.165, 1.54) is 22.8 Å². The zero-order chi connectivity index (χ0) is 22.8. The van der Waals surface area contributed by atoms with Gasteiger partial charge < -0.3 is 15.2 Å². The number of hydrogen-bond donors (Lipinski definition) is 2. The number of rotatable bonds is 5. The molecule has 0 bridgehead atoms. The molecule has 0 aliphatic heterocycles. The fourth-order valence-corrected chi connectivity index (χ4v) is 3.75. The van der Waals surface area contributed by atoms with E-state index in [4.69, 9.17) is 4.74 Å². The van der Waals surface area contributed by atoms with Gasteiger partial charge in [0.2, 0.25) is 0 Å². The number of hydrogen-bond acceptors (Lipinski definition) is 4. The quantitative estimate of drug-likeness (QED) is 0.469. The maximum Gasteiger partial charge on any atom is 0.263 e. The molecule has 7 heteroatoms. The van der Waals surface area contributed by atoms with Crippen molar-refractivity contribution in [1.82, 2.24) is 9.88 Å². The second-order valence-corrected chi connectivity index (χ2v) is 7.28. The number of fused-ring (bicyclic) bond motifs is 1. The van der Waals surface area contributed by atoms with Crippen molar-refractivity contribution in [2.75, 3.05) is 7.11 Å². The number of aliphatic hydroxyl groups is 1. The van der Waals surface area contributed by atoms with Crippen LogP contribution in [-0.4, -0.2) is 22.7 Å². The molecule has 1 amide bonds. The van der Waals surface area contributed by atoms with Gasteiger partial charge in [0.25, 0.3) is 11.5 Å². The molecule has 32 heavy (non-hydrogen) atoms. The molecular weight excluding hydrogens is 411 g/mol. The fraction of sp³-hybridized carbons (Fsp3) is 0.120. The van der Waals surface area contributed by atoms with Gasteiger partial charge in [-0.05, 0) is 49.4 Å². The number of aliphatic hydroxyl groups excluding tert-OH is 1. The summed E-state index contributed by atoms with van der Waals surface area (Å²) in [6, 6.07) is 19.1. The molecule has 162 valence electrons. The number of benzene rings is 3. The molecule has 6 nitrogen and oxygen atoms in total. The number of pyridine rings is 1. The lowest BCUT2D eigenvalue weighted by molar-refractivity contribution is 0.0783. The van der Waals surface area contributed by atoms with Crippen molar-refractivity contribution in [3.63, 3.8) is 0 Å². The molecule has 1 atom stereocenters. The van der Waals surface area contributed by atoms with Crippen LogP contribution in [0.15, 0.2) is 77.6 Å². The van der Waals surface area contributed by atoms with Crippen LogP contribution in [0.5, 0.6) is 5.75 Å². The summed E-state index contributed by atoms with van der Waals surface area (Å²) in [5, 5.41) is 13.8. The lowest BCUT2D eigenvalue weighted by Gasteiger charge is -2.19. The molecule has 0 fully saturated rings. The van der Waals surface area contributed by atoms with Crippen molar-refractivity contribution in [2.45, 2.75) is 13.2 Å². The lowest BCUT2D eigenvalue weighted by Crippen LogP contribution is -2.32. The van der Waals surface area contributed by atoms with Crippen molar-refractivity contribution in [2.24, 2.45) is 0 Å². The van der Waals surface area contributed by atoms with E-state index in [9.17, 15) is 19.1 Å². The van der Waals surface area contributed by atoms with Crippen LogP contribution in [0.1, 0.15) is 27.8 Å². The van der Waals surface area contributed by atoms with Gasteiger partial charge in [0.15, 0.2) is 6.23 Å². The van der Waals surface area contributed by atoms with Crippen molar-refractivity contribution >= 4 is 16.7 Å². The molecular formula is C25H21FN2O4. The summed E-state index contributed by atoms with van der Waals surface area (Å²) in [6.45, 7) is 1.67. The molecule has 0 unspecified atom stereocenters. The molecule has 0 aliphatic carbocycles. The molecule has 0 spiro atoms. The Bertz CT molecular complexity index is 1360. The molecule has 0 aliphatic rings. The van der Waals surface area contributed by atoms with Crippen LogP contribution in [0.2, 0.25) is 0 Å². The van der Waals surface area contributed by atoms with E-state index in [1.54, 1.807) is 62.6 Å². The third-order valence-electron chi connectivity index (χ3n) is 5.32. The monoisotopic (exact) mass is 432 g/mol. The normalized spacial score (nSPS) is 11.9. The third-order valence-corrected chi connectivity index (χ3v) is 5.32. The summed E-state index contributed by atoms with van der Waals surface area (Å²) in [6.07, 6.45) is -1.42. The molecule has 1 heterocycles. The van der Waals surface area contributed by atoms with Crippen LogP contribution >= 0.6 is 0 Å². The van der Waals surface area contributed by atoms with E-state index in [1.807, 2.05) is 0 Å². The average Bonchev–Trinajstić information content (AvgIpc) is 2.79. The molecule has 0 saturated heterocycles. The van der Waals surface area contributed by atoms with Gasteiger partial charge in [-0.3, -0.25) is 14.2 Å². The fourth-order valence-electron chi connectivity index (χ4n) is 3.75. The highest BCUT2D eigenvalue weighted by molar-refractivity contribution is 6.08. The molecule has 4 aromatic rings. The Kier molecular flexibility index (Phi) is 5.75. The first-order valence-electron chi connectivity index (χ1n) is 9.94. The smallest absolute Gasteiger partial charge is 0.263 e. The Hall–Kier alpha value is -3.97. The van der Waals surface area contributed by atoms with Crippen LogP contribution in [-0.2, 0) is 0 Å². The van der Waals surface area contributed by atoms with Gasteiger partial charge in [-0.25, -0.2) is 4.39 Å². The topological polar surface area (TPSA) is 80.6 Å². The lowest BCUT2D eigenvalue weighted by atomic mass is 10.0. The summed E-state index contributed by atoms with van der Waals surface area (Å²) >= 11 is 0. The van der Waals surface area contributed by atoms with Crippen LogP contribution in [0.25, 0.3) is 16.5 Å². The van der Waals surface area contributed by atoms with Crippen LogP contribution in [0, 0.1) is 12.7 Å². The average molecular weight is 432 g/mol. The van der Waals surface area contributed by atoms with Crippen LogP contribution in [0.3, 0.4) is 0 Å². The number of methoxy groups -OCH3 is 1. The molecule has 3 aromatic carbocycles. The van der Waals surface area contributed by atoms with Gasteiger partial charge in [-0.2, -0.15) is 0 Å². The van der Waals surface area contributed by atoms with Crippen LogP contribution in [0.4, 0.5) is 4.39 Å². The number of ether oxygens (including phenoxy) is 1. The van der Waals surface area contributed by atoms with Crippen molar-refractivity contribution in [1.29, 1.82) is 0 Å². The number of aromatic nitrogens is 1. The summed E-state index contributed by atoms with van der Waals surface area (Å²) in [7, 11) is 1.55. The summed E-state index contributed by atoms with van der Waals surface area (Å²) in [4.78, 5) is 26.5. The highest BCUT2D eigenvalue weighted by Crippen LogP contribution is 2.24. The van der Waals surface area contributed by atoms with Gasteiger partial charge in [0, 0.05) is 27.7 Å². The van der Waals surface area contributed by atoms with E-state index in [-0.39, 0.29) is 16.7 Å². The van der Waals surface area contributed by atoms with Crippen LogP contribution < -0.4 is 15.6 Å². The Morgan fingerprint density at radius 1 is 1.03 bits per heavy atom. The highest BCUT2D eigenvalue weighted by Gasteiger charge is 2.22. The second kappa shape index (κ2) is 8.64. The first kappa shape index (κ1) is 21.3. The van der Waals surface area contributed by atoms with Crippen molar-refractivity contribution in [3.8, 4) is 11.4 Å². The maximum absolute atomic E-state index is 13.5. The number of carbonyl (C=O) groups is 1. The Labute approximate surface area is 183 Å². The van der Waals surface area contributed by atoms with E-state index in [0.717, 1.165) is 6.07 Å². The number of nitrogens with zero attached hydrogens (tertiary/aromatic N) is 1. The van der Waals surface area contributed by atoms with E-state index < -0.39 is 18.0 Å². The summed E-state index contributed by atoms with van der Waals surface area (Å²) in [5.74, 6) is -0.473. The standard InChI is InChI=1S/C25H21FN2O4/c1-15-22(24(30)27-23(29)16-6-5-7-17(26)14-16)20-8-3-4-9-21(20)25(31)28(15)18-10-12-19(32-2)13-11-18/h3-14,23,29H,1-2H3,(H,27,30)/t23-/m0/s1. The van der Waals surface area contributed by atoms with E-state index in [0.29, 0.717) is 27.9 Å². The van der Waals surface area contributed by atoms with E-state index in [2.05, 4.69) is 5.32 Å². The van der Waals surface area contributed by atoms with Gasteiger partial charge in [0.05, 0.1) is 12.7 Å². The molecule has 0 saturated carbocycles. The summed E-state index contributed by atoms with van der Waals surface area (Å²) < 4.78 is 20.2. The largest absolute Gasteiger partial charge is 0.497 e. The minimum absolute atomic E-state index is 0.212. The second-order valence-electron chi connectivity index (χ2n) is 7.28. The first-order chi connectivity index (χ1) is 15.4. The van der Waals surface area contributed by atoms with Crippen molar-refractivity contribution in [3.05, 3.63) is 106 Å². The van der Waals surface area contributed by atoms with Gasteiger partial charge >= 0.3 is 0 Å². The molecule has 1 aromatic heterocycles. The van der Waals surface area contributed by atoms with E-state index >= 15 is 0 Å². The SMILES string of the molecule is COc1ccc(-n2c(C)c(C(=O)N[C@@H](O)c3cccc(F)c3)c3ccccc3c2=O)cc1. The molecule has 2 N–H and O–H groups in total. The number of nitrogens with one attached hydrogen (secondary N) is 1. The molecule has 4 rings (SSSR count). The summed E-state index contributed by atoms with van der Waals surface area (Å²) in [5.41, 5.74) is 1.15. The predicted molar refractivity (Wildman–Crippen MR) is 120 cm³/mol.